The van der Waals surface area contributed by atoms with Gasteiger partial charge in [0, 0.05) is 25.1 Å². The SMILES string of the molecule is O=c1cc(CNS(=O)(=O)N2CCCCCC2)nc(C2CCC2)[nH]1. The molecule has 0 spiro atoms. The normalized spacial score (nSPS) is 20.9. The molecule has 1 saturated carbocycles. The van der Waals surface area contributed by atoms with E-state index < -0.39 is 10.2 Å². The molecule has 2 fully saturated rings. The Balaban J connectivity index is 1.67. The van der Waals surface area contributed by atoms with Crippen molar-refractivity contribution in [3.8, 4) is 0 Å². The minimum absolute atomic E-state index is 0.0580. The number of H-pyrrole nitrogens is 1. The Labute approximate surface area is 136 Å². The van der Waals surface area contributed by atoms with E-state index >= 15 is 0 Å². The lowest BCUT2D eigenvalue weighted by atomic mass is 9.85. The molecule has 1 aliphatic heterocycles. The van der Waals surface area contributed by atoms with Gasteiger partial charge in [-0.2, -0.15) is 17.4 Å². The van der Waals surface area contributed by atoms with Crippen molar-refractivity contribution in [1.29, 1.82) is 0 Å². The molecule has 23 heavy (non-hydrogen) atoms. The molecule has 0 unspecified atom stereocenters. The number of hydrogen-bond donors (Lipinski definition) is 2. The van der Waals surface area contributed by atoms with Crippen LogP contribution in [0.2, 0.25) is 0 Å². The van der Waals surface area contributed by atoms with E-state index in [1.807, 2.05) is 0 Å². The van der Waals surface area contributed by atoms with Crippen molar-refractivity contribution in [2.45, 2.75) is 57.4 Å². The van der Waals surface area contributed by atoms with E-state index in [0.717, 1.165) is 44.9 Å². The highest BCUT2D eigenvalue weighted by molar-refractivity contribution is 7.87. The first-order valence-corrected chi connectivity index (χ1v) is 9.83. The molecule has 128 valence electrons. The number of rotatable bonds is 5. The van der Waals surface area contributed by atoms with Gasteiger partial charge in [-0.25, -0.2) is 4.98 Å². The molecule has 3 rings (SSSR count). The summed E-state index contributed by atoms with van der Waals surface area (Å²) in [6.45, 7) is 1.18. The third kappa shape index (κ3) is 4.19. The van der Waals surface area contributed by atoms with Gasteiger partial charge in [0.2, 0.25) is 0 Å². The van der Waals surface area contributed by atoms with Crippen molar-refractivity contribution >= 4 is 10.2 Å². The Morgan fingerprint density at radius 1 is 1.17 bits per heavy atom. The minimum Gasteiger partial charge on any atom is -0.310 e. The molecule has 2 aliphatic rings. The molecule has 1 saturated heterocycles. The first kappa shape index (κ1) is 16.6. The van der Waals surface area contributed by atoms with E-state index in [-0.39, 0.29) is 12.1 Å². The van der Waals surface area contributed by atoms with Crippen LogP contribution in [0, 0.1) is 0 Å². The molecule has 8 heteroatoms. The molecule has 0 amide bonds. The summed E-state index contributed by atoms with van der Waals surface area (Å²) >= 11 is 0. The highest BCUT2D eigenvalue weighted by atomic mass is 32.2. The number of aromatic amines is 1. The van der Waals surface area contributed by atoms with E-state index in [2.05, 4.69) is 14.7 Å². The molecular formula is C15H24N4O3S. The average molecular weight is 340 g/mol. The molecule has 0 radical (unpaired) electrons. The fourth-order valence-corrected chi connectivity index (χ4v) is 4.28. The zero-order chi connectivity index (χ0) is 16.3. The van der Waals surface area contributed by atoms with Gasteiger partial charge in [0.25, 0.3) is 15.8 Å². The standard InChI is InChI=1S/C15H24N4O3S/c20-14-10-13(17-15(18-14)12-6-5-7-12)11-16-23(21,22)19-8-3-1-2-4-9-19/h10,12,16H,1-9,11H2,(H,17,18,20). The summed E-state index contributed by atoms with van der Waals surface area (Å²) in [6.07, 6.45) is 7.17. The average Bonchev–Trinajstić information content (AvgIpc) is 2.72. The van der Waals surface area contributed by atoms with Crippen molar-refractivity contribution in [2.24, 2.45) is 0 Å². The van der Waals surface area contributed by atoms with Crippen molar-refractivity contribution in [2.75, 3.05) is 13.1 Å². The van der Waals surface area contributed by atoms with Crippen molar-refractivity contribution in [3.63, 3.8) is 0 Å². The molecule has 1 aromatic rings. The zero-order valence-corrected chi connectivity index (χ0v) is 14.1. The highest BCUT2D eigenvalue weighted by Gasteiger charge is 2.24. The summed E-state index contributed by atoms with van der Waals surface area (Å²) < 4.78 is 28.9. The van der Waals surface area contributed by atoms with Crippen LogP contribution in [-0.2, 0) is 16.8 Å². The zero-order valence-electron chi connectivity index (χ0n) is 13.3. The van der Waals surface area contributed by atoms with E-state index in [0.29, 0.717) is 30.5 Å². The third-order valence-electron chi connectivity index (χ3n) is 4.65. The fourth-order valence-electron chi connectivity index (χ4n) is 3.03. The smallest absolute Gasteiger partial charge is 0.279 e. The molecular weight excluding hydrogens is 316 g/mol. The predicted octanol–water partition coefficient (Wildman–Crippen LogP) is 1.25. The first-order valence-electron chi connectivity index (χ1n) is 8.39. The van der Waals surface area contributed by atoms with Gasteiger partial charge in [-0.1, -0.05) is 19.3 Å². The quantitative estimate of drug-likeness (QED) is 0.843. The Morgan fingerprint density at radius 2 is 1.87 bits per heavy atom. The van der Waals surface area contributed by atoms with E-state index in [9.17, 15) is 13.2 Å². The van der Waals surface area contributed by atoms with Crippen LogP contribution in [0.25, 0.3) is 0 Å². The Kier molecular flexibility index (Phi) is 5.13. The minimum atomic E-state index is -3.51. The van der Waals surface area contributed by atoms with E-state index in [1.54, 1.807) is 0 Å². The molecule has 0 atom stereocenters. The van der Waals surface area contributed by atoms with Crippen LogP contribution in [0.3, 0.4) is 0 Å². The number of aromatic nitrogens is 2. The number of hydrogen-bond acceptors (Lipinski definition) is 4. The lowest BCUT2D eigenvalue weighted by Crippen LogP contribution is -2.41. The number of nitrogens with one attached hydrogen (secondary N) is 2. The fraction of sp³-hybridized carbons (Fsp3) is 0.733. The van der Waals surface area contributed by atoms with Crippen molar-refractivity contribution < 1.29 is 8.42 Å². The Bertz CT molecular complexity index is 689. The van der Waals surface area contributed by atoms with Gasteiger partial charge >= 0.3 is 0 Å². The van der Waals surface area contributed by atoms with Gasteiger partial charge in [-0.15, -0.1) is 0 Å². The lowest BCUT2D eigenvalue weighted by molar-refractivity contribution is 0.398. The van der Waals surface area contributed by atoms with E-state index in [4.69, 9.17) is 0 Å². The van der Waals surface area contributed by atoms with Crippen LogP contribution in [0.15, 0.2) is 10.9 Å². The number of nitrogens with zero attached hydrogens (tertiary/aromatic N) is 2. The van der Waals surface area contributed by atoms with Crippen molar-refractivity contribution in [1.82, 2.24) is 19.0 Å². The largest absolute Gasteiger partial charge is 0.310 e. The third-order valence-corrected chi connectivity index (χ3v) is 6.20. The van der Waals surface area contributed by atoms with E-state index in [1.165, 1.54) is 10.4 Å². The second-order valence-electron chi connectivity index (χ2n) is 6.39. The Hall–Kier alpha value is -1.25. The monoisotopic (exact) mass is 340 g/mol. The predicted molar refractivity (Wildman–Crippen MR) is 87.3 cm³/mol. The second kappa shape index (κ2) is 7.11. The maximum atomic E-state index is 12.4. The van der Waals surface area contributed by atoms with Gasteiger partial charge < -0.3 is 4.98 Å². The first-order chi connectivity index (χ1) is 11.0. The summed E-state index contributed by atoms with van der Waals surface area (Å²) in [7, 11) is -3.51. The molecule has 7 nitrogen and oxygen atoms in total. The van der Waals surface area contributed by atoms with Gasteiger partial charge in [0.15, 0.2) is 0 Å². The van der Waals surface area contributed by atoms with Gasteiger partial charge in [0.05, 0.1) is 12.2 Å². The molecule has 2 heterocycles. The van der Waals surface area contributed by atoms with Crippen LogP contribution in [-0.4, -0.2) is 35.8 Å². The molecule has 2 N–H and O–H groups in total. The van der Waals surface area contributed by atoms with Gasteiger partial charge in [-0.3, -0.25) is 4.79 Å². The molecule has 0 aromatic carbocycles. The summed E-state index contributed by atoms with van der Waals surface area (Å²) in [5, 5.41) is 0. The maximum Gasteiger partial charge on any atom is 0.279 e. The Morgan fingerprint density at radius 3 is 2.48 bits per heavy atom. The lowest BCUT2D eigenvalue weighted by Gasteiger charge is -2.24. The van der Waals surface area contributed by atoms with Crippen LogP contribution < -0.4 is 10.3 Å². The van der Waals surface area contributed by atoms with Crippen LogP contribution in [0.5, 0.6) is 0 Å². The highest BCUT2D eigenvalue weighted by Crippen LogP contribution is 2.33. The van der Waals surface area contributed by atoms with Gasteiger partial charge in [-0.05, 0) is 25.7 Å². The summed E-state index contributed by atoms with van der Waals surface area (Å²) in [4.78, 5) is 18.9. The summed E-state index contributed by atoms with van der Waals surface area (Å²) in [5.41, 5.74) is 0.264. The van der Waals surface area contributed by atoms with Gasteiger partial charge in [0.1, 0.15) is 5.82 Å². The molecule has 1 aliphatic carbocycles. The second-order valence-corrected chi connectivity index (χ2v) is 8.14. The maximum absolute atomic E-state index is 12.4. The topological polar surface area (TPSA) is 95.2 Å². The summed E-state index contributed by atoms with van der Waals surface area (Å²) in [5.74, 6) is 0.998. The van der Waals surface area contributed by atoms with Crippen LogP contribution in [0.4, 0.5) is 0 Å². The van der Waals surface area contributed by atoms with Crippen molar-refractivity contribution in [3.05, 3.63) is 27.9 Å². The molecule has 0 bridgehead atoms. The summed E-state index contributed by atoms with van der Waals surface area (Å²) in [6, 6.07) is 1.37. The van der Waals surface area contributed by atoms with Crippen LogP contribution in [0.1, 0.15) is 62.4 Å². The van der Waals surface area contributed by atoms with Crippen LogP contribution >= 0.6 is 0 Å². The molecule has 1 aromatic heterocycles.